The first-order chi connectivity index (χ1) is 5.95. The number of rotatable bonds is 6. The molecule has 0 spiro atoms. The second kappa shape index (κ2) is 6.39. The van der Waals surface area contributed by atoms with Gasteiger partial charge in [-0.15, -0.1) is 0 Å². The number of aliphatic hydroxyl groups is 2. The van der Waals surface area contributed by atoms with E-state index in [-0.39, 0.29) is 12.7 Å². The van der Waals surface area contributed by atoms with Crippen LogP contribution in [-0.4, -0.2) is 22.9 Å². The van der Waals surface area contributed by atoms with Crippen molar-refractivity contribution in [2.45, 2.75) is 59.0 Å². The SMILES string of the molecule is CC(C)(C)CCC[C@@H](O)CCCO. The van der Waals surface area contributed by atoms with Gasteiger partial charge < -0.3 is 10.2 Å². The van der Waals surface area contributed by atoms with Crippen LogP contribution in [0, 0.1) is 5.41 Å². The van der Waals surface area contributed by atoms with Gasteiger partial charge in [-0.1, -0.05) is 27.2 Å². The van der Waals surface area contributed by atoms with Crippen molar-refractivity contribution in [1.29, 1.82) is 0 Å². The Kier molecular flexibility index (Phi) is 6.35. The Labute approximate surface area is 82.0 Å². The van der Waals surface area contributed by atoms with E-state index >= 15 is 0 Å². The molecule has 0 aromatic heterocycles. The first kappa shape index (κ1) is 12.9. The van der Waals surface area contributed by atoms with Crippen molar-refractivity contribution < 1.29 is 10.2 Å². The summed E-state index contributed by atoms with van der Waals surface area (Å²) in [6.07, 6.45) is 4.35. The monoisotopic (exact) mass is 188 g/mol. The lowest BCUT2D eigenvalue weighted by molar-refractivity contribution is 0.134. The molecule has 13 heavy (non-hydrogen) atoms. The van der Waals surface area contributed by atoms with Gasteiger partial charge in [-0.05, 0) is 31.1 Å². The van der Waals surface area contributed by atoms with Crippen molar-refractivity contribution in [3.05, 3.63) is 0 Å². The van der Waals surface area contributed by atoms with E-state index in [4.69, 9.17) is 5.11 Å². The third kappa shape index (κ3) is 9.84. The fourth-order valence-corrected chi connectivity index (χ4v) is 1.34. The van der Waals surface area contributed by atoms with E-state index < -0.39 is 0 Å². The van der Waals surface area contributed by atoms with Gasteiger partial charge in [0.1, 0.15) is 0 Å². The Balaban J connectivity index is 3.31. The molecule has 2 heteroatoms. The van der Waals surface area contributed by atoms with Crippen molar-refractivity contribution >= 4 is 0 Å². The Morgan fingerprint density at radius 2 is 1.62 bits per heavy atom. The molecule has 1 atom stereocenters. The molecular weight excluding hydrogens is 164 g/mol. The summed E-state index contributed by atoms with van der Waals surface area (Å²) in [6.45, 7) is 6.84. The van der Waals surface area contributed by atoms with Crippen LogP contribution in [0.4, 0.5) is 0 Å². The molecule has 0 aromatic rings. The Bertz CT molecular complexity index is 116. The van der Waals surface area contributed by atoms with Gasteiger partial charge in [0.15, 0.2) is 0 Å². The molecule has 0 bridgehead atoms. The van der Waals surface area contributed by atoms with Gasteiger partial charge in [-0.2, -0.15) is 0 Å². The van der Waals surface area contributed by atoms with E-state index in [1.807, 2.05) is 0 Å². The summed E-state index contributed by atoms with van der Waals surface area (Å²) in [4.78, 5) is 0. The van der Waals surface area contributed by atoms with E-state index in [1.54, 1.807) is 0 Å². The average molecular weight is 188 g/mol. The molecular formula is C11H24O2. The standard InChI is InChI=1S/C11H24O2/c1-11(2,3)8-4-6-10(13)7-5-9-12/h10,12-13H,4-9H2,1-3H3/t10-/m1/s1. The maximum atomic E-state index is 9.47. The highest BCUT2D eigenvalue weighted by Crippen LogP contribution is 2.22. The highest BCUT2D eigenvalue weighted by molar-refractivity contribution is 4.63. The molecule has 0 radical (unpaired) electrons. The number of aliphatic hydroxyl groups excluding tert-OH is 2. The fourth-order valence-electron chi connectivity index (χ4n) is 1.34. The first-order valence-electron chi connectivity index (χ1n) is 5.24. The molecule has 0 rings (SSSR count). The molecule has 0 fully saturated rings. The van der Waals surface area contributed by atoms with E-state index in [0.717, 1.165) is 32.1 Å². The van der Waals surface area contributed by atoms with Gasteiger partial charge in [0.05, 0.1) is 6.10 Å². The second-order valence-electron chi connectivity index (χ2n) is 4.97. The molecule has 0 aliphatic heterocycles. The second-order valence-corrected chi connectivity index (χ2v) is 4.97. The summed E-state index contributed by atoms with van der Waals surface area (Å²) in [5.74, 6) is 0. The first-order valence-corrected chi connectivity index (χ1v) is 5.24. The lowest BCUT2D eigenvalue weighted by Crippen LogP contribution is -2.10. The predicted octanol–water partition coefficient (Wildman–Crippen LogP) is 2.34. The predicted molar refractivity (Wildman–Crippen MR) is 55.6 cm³/mol. The third-order valence-electron chi connectivity index (χ3n) is 2.16. The van der Waals surface area contributed by atoms with Crippen LogP contribution >= 0.6 is 0 Å². The summed E-state index contributed by atoms with van der Waals surface area (Å²) in [5, 5.41) is 18.0. The largest absolute Gasteiger partial charge is 0.396 e. The topological polar surface area (TPSA) is 40.5 Å². The molecule has 80 valence electrons. The van der Waals surface area contributed by atoms with Crippen molar-refractivity contribution in [3.63, 3.8) is 0 Å². The summed E-state index contributed by atoms with van der Waals surface area (Å²) in [6, 6.07) is 0. The van der Waals surface area contributed by atoms with E-state index in [0.29, 0.717) is 5.41 Å². The van der Waals surface area contributed by atoms with Gasteiger partial charge in [-0.25, -0.2) is 0 Å². The smallest absolute Gasteiger partial charge is 0.0541 e. The average Bonchev–Trinajstić information content (AvgIpc) is 1.98. The molecule has 2 nitrogen and oxygen atoms in total. The third-order valence-corrected chi connectivity index (χ3v) is 2.16. The highest BCUT2D eigenvalue weighted by Gasteiger charge is 2.11. The number of hydrogen-bond donors (Lipinski definition) is 2. The minimum Gasteiger partial charge on any atom is -0.396 e. The van der Waals surface area contributed by atoms with Gasteiger partial charge in [0, 0.05) is 6.61 Å². The van der Waals surface area contributed by atoms with Crippen LogP contribution in [0.25, 0.3) is 0 Å². The Hall–Kier alpha value is -0.0800. The van der Waals surface area contributed by atoms with Crippen LogP contribution in [0.15, 0.2) is 0 Å². The zero-order chi connectivity index (χ0) is 10.3. The van der Waals surface area contributed by atoms with Gasteiger partial charge >= 0.3 is 0 Å². The van der Waals surface area contributed by atoms with Crippen molar-refractivity contribution in [1.82, 2.24) is 0 Å². The maximum Gasteiger partial charge on any atom is 0.0541 e. The molecule has 0 saturated carbocycles. The van der Waals surface area contributed by atoms with Crippen LogP contribution in [0.1, 0.15) is 52.9 Å². The molecule has 0 aliphatic rings. The zero-order valence-corrected chi connectivity index (χ0v) is 9.21. The van der Waals surface area contributed by atoms with Gasteiger partial charge in [0.25, 0.3) is 0 Å². The normalized spacial score (nSPS) is 14.5. The summed E-state index contributed by atoms with van der Waals surface area (Å²) in [7, 11) is 0. The molecule has 0 heterocycles. The van der Waals surface area contributed by atoms with Crippen LogP contribution in [0.2, 0.25) is 0 Å². The van der Waals surface area contributed by atoms with Gasteiger partial charge in [-0.3, -0.25) is 0 Å². The van der Waals surface area contributed by atoms with Crippen LogP contribution < -0.4 is 0 Å². The van der Waals surface area contributed by atoms with Crippen molar-refractivity contribution in [3.8, 4) is 0 Å². The van der Waals surface area contributed by atoms with Crippen molar-refractivity contribution in [2.75, 3.05) is 6.61 Å². The molecule has 0 unspecified atom stereocenters. The molecule has 0 amide bonds. The minimum absolute atomic E-state index is 0.191. The Morgan fingerprint density at radius 1 is 1.08 bits per heavy atom. The minimum atomic E-state index is -0.213. The molecule has 0 saturated heterocycles. The van der Waals surface area contributed by atoms with Crippen LogP contribution in [-0.2, 0) is 0 Å². The molecule has 0 aliphatic carbocycles. The van der Waals surface area contributed by atoms with E-state index in [1.165, 1.54) is 0 Å². The van der Waals surface area contributed by atoms with Crippen LogP contribution in [0.5, 0.6) is 0 Å². The van der Waals surface area contributed by atoms with E-state index in [2.05, 4.69) is 20.8 Å². The quantitative estimate of drug-likeness (QED) is 0.671. The lowest BCUT2D eigenvalue weighted by Gasteiger charge is -2.18. The summed E-state index contributed by atoms with van der Waals surface area (Å²) >= 11 is 0. The number of hydrogen-bond acceptors (Lipinski definition) is 2. The fraction of sp³-hybridized carbons (Fsp3) is 1.00. The Morgan fingerprint density at radius 3 is 2.08 bits per heavy atom. The van der Waals surface area contributed by atoms with Gasteiger partial charge in [0.2, 0.25) is 0 Å². The maximum absolute atomic E-state index is 9.47. The summed E-state index contributed by atoms with van der Waals surface area (Å²) in [5.41, 5.74) is 0.372. The molecule has 2 N–H and O–H groups in total. The lowest BCUT2D eigenvalue weighted by atomic mass is 9.89. The van der Waals surface area contributed by atoms with Crippen LogP contribution in [0.3, 0.4) is 0 Å². The molecule has 0 aromatic carbocycles. The highest BCUT2D eigenvalue weighted by atomic mass is 16.3. The van der Waals surface area contributed by atoms with E-state index in [9.17, 15) is 5.11 Å². The zero-order valence-electron chi connectivity index (χ0n) is 9.21. The van der Waals surface area contributed by atoms with Crippen molar-refractivity contribution in [2.24, 2.45) is 5.41 Å². The summed E-state index contributed by atoms with van der Waals surface area (Å²) < 4.78 is 0.